The van der Waals surface area contributed by atoms with Crippen molar-refractivity contribution >= 4 is 11.9 Å². The number of ether oxygens (including phenoxy) is 1. The Bertz CT molecular complexity index is 956. The molecule has 0 atom stereocenters. The van der Waals surface area contributed by atoms with Crippen molar-refractivity contribution in [1.29, 1.82) is 0 Å². The summed E-state index contributed by atoms with van der Waals surface area (Å²) in [5.74, 6) is -0.667. The molecule has 0 saturated carbocycles. The Labute approximate surface area is 163 Å². The maximum atomic E-state index is 12.6. The molecular weight excluding hydrogens is 356 g/mol. The van der Waals surface area contributed by atoms with Gasteiger partial charge in [-0.25, -0.2) is 9.78 Å². The largest absolute Gasteiger partial charge is 0.462 e. The van der Waals surface area contributed by atoms with Gasteiger partial charge in [0.2, 0.25) is 0 Å². The number of aromatic amines is 1. The molecule has 2 aromatic heterocycles. The zero-order valence-corrected chi connectivity index (χ0v) is 16.3. The number of imidazole rings is 1. The molecule has 3 aromatic rings. The minimum atomic E-state index is -0.415. The summed E-state index contributed by atoms with van der Waals surface area (Å²) in [4.78, 5) is 31.7. The number of nitrogens with one attached hydrogen (secondary N) is 2. The molecule has 0 bridgehead atoms. The minimum Gasteiger partial charge on any atom is -0.462 e. The molecule has 7 nitrogen and oxygen atoms in total. The predicted molar refractivity (Wildman–Crippen MR) is 105 cm³/mol. The summed E-state index contributed by atoms with van der Waals surface area (Å²) in [6.45, 7) is 6.70. The Balaban J connectivity index is 1.62. The number of esters is 1. The smallest absolute Gasteiger partial charge is 0.340 e. The second kappa shape index (κ2) is 8.56. The van der Waals surface area contributed by atoms with Crippen LogP contribution in [0.2, 0.25) is 0 Å². The predicted octanol–water partition coefficient (Wildman–Crippen LogP) is 2.98. The highest BCUT2D eigenvalue weighted by atomic mass is 16.5. The molecule has 3 rings (SSSR count). The molecule has 0 saturated heterocycles. The van der Waals surface area contributed by atoms with E-state index in [2.05, 4.69) is 15.3 Å². The highest BCUT2D eigenvalue weighted by molar-refractivity contribution is 6.00. The average molecular weight is 380 g/mol. The van der Waals surface area contributed by atoms with E-state index in [4.69, 9.17) is 4.74 Å². The Morgan fingerprint density at radius 3 is 2.54 bits per heavy atom. The number of nitrogens with zero attached hydrogens (tertiary/aromatic N) is 2. The molecule has 0 spiro atoms. The Morgan fingerprint density at radius 2 is 1.89 bits per heavy atom. The van der Waals surface area contributed by atoms with Crippen molar-refractivity contribution in [3.63, 3.8) is 0 Å². The third-order valence-corrected chi connectivity index (χ3v) is 4.54. The summed E-state index contributed by atoms with van der Waals surface area (Å²) in [6, 6.07) is 8.04. The van der Waals surface area contributed by atoms with Crippen LogP contribution >= 0.6 is 0 Å². The fourth-order valence-corrected chi connectivity index (χ4v) is 3.11. The van der Waals surface area contributed by atoms with Gasteiger partial charge < -0.3 is 19.6 Å². The first-order chi connectivity index (χ1) is 13.5. The number of amides is 1. The third-order valence-electron chi connectivity index (χ3n) is 4.54. The van der Waals surface area contributed by atoms with Gasteiger partial charge in [0, 0.05) is 31.2 Å². The normalized spacial score (nSPS) is 10.7. The maximum Gasteiger partial charge on any atom is 0.340 e. The standard InChI is InChI=1S/C21H24N4O3/c1-4-28-21(27)18-14(2)19(24-15(18)3)20(26)23-11-16-5-7-17(8-6-16)12-25-10-9-22-13-25/h5-10,13,24H,4,11-12H2,1-3H3,(H,23,26). The van der Waals surface area contributed by atoms with Crippen LogP contribution in [-0.2, 0) is 17.8 Å². The number of hydrogen-bond acceptors (Lipinski definition) is 4. The number of carbonyl (C=O) groups is 2. The van der Waals surface area contributed by atoms with E-state index in [9.17, 15) is 9.59 Å². The van der Waals surface area contributed by atoms with Gasteiger partial charge in [0.15, 0.2) is 0 Å². The summed E-state index contributed by atoms with van der Waals surface area (Å²) >= 11 is 0. The van der Waals surface area contributed by atoms with E-state index in [0.29, 0.717) is 35.7 Å². The number of H-pyrrole nitrogens is 1. The zero-order chi connectivity index (χ0) is 20.1. The lowest BCUT2D eigenvalue weighted by molar-refractivity contribution is 0.0525. The molecule has 7 heteroatoms. The van der Waals surface area contributed by atoms with Gasteiger partial charge in [0.05, 0.1) is 18.5 Å². The molecule has 2 N–H and O–H groups in total. The van der Waals surface area contributed by atoms with Crippen molar-refractivity contribution in [2.24, 2.45) is 0 Å². The van der Waals surface area contributed by atoms with E-state index in [0.717, 1.165) is 17.7 Å². The topological polar surface area (TPSA) is 89.0 Å². The van der Waals surface area contributed by atoms with E-state index in [1.165, 1.54) is 0 Å². The van der Waals surface area contributed by atoms with E-state index < -0.39 is 5.97 Å². The fraction of sp³-hybridized carbons (Fsp3) is 0.286. The second-order valence-electron chi connectivity index (χ2n) is 6.58. The van der Waals surface area contributed by atoms with E-state index in [1.807, 2.05) is 35.0 Å². The third kappa shape index (κ3) is 4.31. The molecule has 1 aromatic carbocycles. The Kier molecular flexibility index (Phi) is 5.93. The van der Waals surface area contributed by atoms with Crippen molar-refractivity contribution in [3.05, 3.63) is 76.6 Å². The van der Waals surface area contributed by atoms with Gasteiger partial charge in [0.25, 0.3) is 5.91 Å². The van der Waals surface area contributed by atoms with Gasteiger partial charge in [-0.3, -0.25) is 4.79 Å². The van der Waals surface area contributed by atoms with Crippen molar-refractivity contribution in [1.82, 2.24) is 19.9 Å². The number of benzene rings is 1. The Hall–Kier alpha value is -3.35. The molecule has 0 radical (unpaired) electrons. The van der Waals surface area contributed by atoms with Gasteiger partial charge in [-0.1, -0.05) is 24.3 Å². The van der Waals surface area contributed by atoms with Crippen LogP contribution in [0.1, 0.15) is 50.2 Å². The highest BCUT2D eigenvalue weighted by Crippen LogP contribution is 2.19. The molecule has 1 amide bonds. The molecule has 0 aliphatic heterocycles. The van der Waals surface area contributed by atoms with Crippen LogP contribution in [0, 0.1) is 13.8 Å². The quantitative estimate of drug-likeness (QED) is 0.617. The summed E-state index contributed by atoms with van der Waals surface area (Å²) in [5.41, 5.74) is 4.19. The second-order valence-corrected chi connectivity index (χ2v) is 6.58. The average Bonchev–Trinajstić information content (AvgIpc) is 3.28. The van der Waals surface area contributed by atoms with Crippen LogP contribution in [0.4, 0.5) is 0 Å². The van der Waals surface area contributed by atoms with Gasteiger partial charge in [0.1, 0.15) is 5.69 Å². The molecule has 146 valence electrons. The van der Waals surface area contributed by atoms with E-state index in [1.54, 1.807) is 33.3 Å². The molecule has 0 fully saturated rings. The lowest BCUT2D eigenvalue weighted by Gasteiger charge is -2.07. The Morgan fingerprint density at radius 1 is 1.18 bits per heavy atom. The van der Waals surface area contributed by atoms with Gasteiger partial charge in [-0.2, -0.15) is 0 Å². The van der Waals surface area contributed by atoms with Crippen molar-refractivity contribution in [3.8, 4) is 0 Å². The minimum absolute atomic E-state index is 0.251. The molecule has 2 heterocycles. The van der Waals surface area contributed by atoms with Crippen molar-refractivity contribution in [2.45, 2.75) is 33.9 Å². The highest BCUT2D eigenvalue weighted by Gasteiger charge is 2.22. The van der Waals surface area contributed by atoms with Crippen LogP contribution < -0.4 is 5.32 Å². The lowest BCUT2D eigenvalue weighted by Crippen LogP contribution is -2.24. The SMILES string of the molecule is CCOC(=O)c1c(C)[nH]c(C(=O)NCc2ccc(Cn3ccnc3)cc2)c1C. The number of rotatable bonds is 7. The number of aromatic nitrogens is 3. The van der Waals surface area contributed by atoms with Crippen LogP contribution in [0.5, 0.6) is 0 Å². The van der Waals surface area contributed by atoms with E-state index >= 15 is 0 Å². The van der Waals surface area contributed by atoms with Crippen LogP contribution in [0.15, 0.2) is 43.0 Å². The van der Waals surface area contributed by atoms with Gasteiger partial charge in [-0.15, -0.1) is 0 Å². The molecular formula is C21H24N4O3. The first-order valence-electron chi connectivity index (χ1n) is 9.17. The maximum absolute atomic E-state index is 12.6. The molecule has 0 aliphatic rings. The fourth-order valence-electron chi connectivity index (χ4n) is 3.11. The zero-order valence-electron chi connectivity index (χ0n) is 16.3. The van der Waals surface area contributed by atoms with Crippen molar-refractivity contribution in [2.75, 3.05) is 6.61 Å². The number of aryl methyl sites for hydroxylation is 1. The first kappa shape index (κ1) is 19.4. The first-order valence-corrected chi connectivity index (χ1v) is 9.17. The van der Waals surface area contributed by atoms with E-state index in [-0.39, 0.29) is 5.91 Å². The summed E-state index contributed by atoms with van der Waals surface area (Å²) in [6.07, 6.45) is 5.44. The van der Waals surface area contributed by atoms with Gasteiger partial charge in [-0.05, 0) is 37.5 Å². The molecule has 0 aliphatic carbocycles. The van der Waals surface area contributed by atoms with Crippen molar-refractivity contribution < 1.29 is 14.3 Å². The van der Waals surface area contributed by atoms with Crippen LogP contribution in [0.3, 0.4) is 0 Å². The number of hydrogen-bond donors (Lipinski definition) is 2. The molecule has 0 unspecified atom stereocenters. The monoisotopic (exact) mass is 380 g/mol. The summed E-state index contributed by atoms with van der Waals surface area (Å²) in [7, 11) is 0. The van der Waals surface area contributed by atoms with Crippen LogP contribution in [0.25, 0.3) is 0 Å². The summed E-state index contributed by atoms with van der Waals surface area (Å²) < 4.78 is 7.06. The molecule has 28 heavy (non-hydrogen) atoms. The summed E-state index contributed by atoms with van der Waals surface area (Å²) in [5, 5.41) is 2.90. The lowest BCUT2D eigenvalue weighted by atomic mass is 10.1. The number of carbonyl (C=O) groups excluding carboxylic acids is 2. The van der Waals surface area contributed by atoms with Crippen LogP contribution in [-0.4, -0.2) is 33.0 Å². The van der Waals surface area contributed by atoms with Gasteiger partial charge >= 0.3 is 5.97 Å².